The van der Waals surface area contributed by atoms with E-state index in [0.717, 1.165) is 18.3 Å². The molecule has 94 valence electrons. The van der Waals surface area contributed by atoms with Crippen molar-refractivity contribution in [1.29, 1.82) is 0 Å². The Bertz CT molecular complexity index is 165. The van der Waals surface area contributed by atoms with E-state index in [-0.39, 0.29) is 0 Å². The average molecular weight is 226 g/mol. The molecule has 0 aromatic rings. The largest absolute Gasteiger partial charge is 0.451 e. The lowest BCUT2D eigenvalue weighted by atomic mass is 9.73. The monoisotopic (exact) mass is 226 g/mol. The third-order valence-corrected chi connectivity index (χ3v) is 4.02. The molecule has 3 heteroatoms. The maximum atomic E-state index is 8.83. The third-order valence-electron chi connectivity index (χ3n) is 4.02. The SMILES string of the molecule is CCCCC[C@H]1CC[C@H](CCB(O)O)CC1. The van der Waals surface area contributed by atoms with Gasteiger partial charge in [0.2, 0.25) is 0 Å². The van der Waals surface area contributed by atoms with Crippen LogP contribution in [0.4, 0.5) is 0 Å². The van der Waals surface area contributed by atoms with Crippen LogP contribution in [0.2, 0.25) is 6.32 Å². The minimum atomic E-state index is -1.10. The second kappa shape index (κ2) is 8.13. The molecule has 0 atom stereocenters. The van der Waals surface area contributed by atoms with E-state index in [0.29, 0.717) is 6.32 Å². The first-order valence-electron chi connectivity index (χ1n) is 7.08. The zero-order valence-corrected chi connectivity index (χ0v) is 10.7. The zero-order valence-electron chi connectivity index (χ0n) is 10.7. The molecule has 0 aromatic carbocycles. The van der Waals surface area contributed by atoms with Gasteiger partial charge in [-0.3, -0.25) is 0 Å². The van der Waals surface area contributed by atoms with Crippen molar-refractivity contribution in [2.24, 2.45) is 11.8 Å². The topological polar surface area (TPSA) is 40.5 Å². The number of hydrogen-bond donors (Lipinski definition) is 2. The van der Waals surface area contributed by atoms with Crippen LogP contribution >= 0.6 is 0 Å². The molecular formula is C13H27BO2. The van der Waals surface area contributed by atoms with Gasteiger partial charge >= 0.3 is 7.12 Å². The first-order chi connectivity index (χ1) is 7.72. The average Bonchev–Trinajstić information content (AvgIpc) is 2.28. The van der Waals surface area contributed by atoms with E-state index in [1.807, 2.05) is 0 Å². The van der Waals surface area contributed by atoms with Crippen LogP contribution in [-0.4, -0.2) is 17.2 Å². The molecule has 2 nitrogen and oxygen atoms in total. The van der Waals surface area contributed by atoms with Crippen molar-refractivity contribution in [3.63, 3.8) is 0 Å². The van der Waals surface area contributed by atoms with Gasteiger partial charge in [-0.15, -0.1) is 0 Å². The van der Waals surface area contributed by atoms with E-state index in [9.17, 15) is 0 Å². The summed E-state index contributed by atoms with van der Waals surface area (Å²) in [5.41, 5.74) is 0. The lowest BCUT2D eigenvalue weighted by Gasteiger charge is -2.28. The normalized spacial score (nSPS) is 25.7. The smallest absolute Gasteiger partial charge is 0.427 e. The van der Waals surface area contributed by atoms with Gasteiger partial charge < -0.3 is 10.0 Å². The fourth-order valence-electron chi connectivity index (χ4n) is 2.88. The van der Waals surface area contributed by atoms with Gasteiger partial charge in [-0.2, -0.15) is 0 Å². The van der Waals surface area contributed by atoms with Gasteiger partial charge in [0.1, 0.15) is 0 Å². The Morgan fingerprint density at radius 2 is 1.50 bits per heavy atom. The van der Waals surface area contributed by atoms with Crippen LogP contribution in [0.3, 0.4) is 0 Å². The Labute approximate surface area is 101 Å². The molecule has 0 aliphatic heterocycles. The Hall–Kier alpha value is -0.0151. The Balaban J connectivity index is 2.04. The van der Waals surface area contributed by atoms with Gasteiger partial charge in [0, 0.05) is 0 Å². The summed E-state index contributed by atoms with van der Waals surface area (Å²) in [6, 6.07) is 0. The molecule has 0 heterocycles. The van der Waals surface area contributed by atoms with Gasteiger partial charge in [-0.25, -0.2) is 0 Å². The molecule has 0 spiro atoms. The minimum Gasteiger partial charge on any atom is -0.427 e. The van der Waals surface area contributed by atoms with Crippen LogP contribution in [-0.2, 0) is 0 Å². The summed E-state index contributed by atoms with van der Waals surface area (Å²) in [5.74, 6) is 1.71. The Morgan fingerprint density at radius 3 is 2.00 bits per heavy atom. The van der Waals surface area contributed by atoms with Crippen molar-refractivity contribution in [3.05, 3.63) is 0 Å². The second-order valence-electron chi connectivity index (χ2n) is 5.44. The minimum absolute atomic E-state index is 0.561. The highest BCUT2D eigenvalue weighted by atomic mass is 16.4. The van der Waals surface area contributed by atoms with Crippen molar-refractivity contribution in [2.75, 3.05) is 0 Å². The number of unbranched alkanes of at least 4 members (excludes halogenated alkanes) is 2. The lowest BCUT2D eigenvalue weighted by Crippen LogP contribution is -2.18. The third kappa shape index (κ3) is 5.90. The molecule has 0 amide bonds. The van der Waals surface area contributed by atoms with E-state index in [1.165, 1.54) is 51.4 Å². The zero-order chi connectivity index (χ0) is 11.8. The van der Waals surface area contributed by atoms with Crippen LogP contribution in [0.5, 0.6) is 0 Å². The summed E-state index contributed by atoms with van der Waals surface area (Å²) < 4.78 is 0. The molecule has 0 unspecified atom stereocenters. The number of hydrogen-bond acceptors (Lipinski definition) is 2. The van der Waals surface area contributed by atoms with E-state index >= 15 is 0 Å². The van der Waals surface area contributed by atoms with Crippen LogP contribution in [0.1, 0.15) is 64.7 Å². The van der Waals surface area contributed by atoms with Crippen molar-refractivity contribution < 1.29 is 10.0 Å². The highest BCUT2D eigenvalue weighted by molar-refractivity contribution is 6.40. The molecule has 1 rings (SSSR count). The van der Waals surface area contributed by atoms with Gasteiger partial charge in [-0.1, -0.05) is 64.7 Å². The Morgan fingerprint density at radius 1 is 0.938 bits per heavy atom. The van der Waals surface area contributed by atoms with E-state index in [1.54, 1.807) is 0 Å². The van der Waals surface area contributed by atoms with E-state index < -0.39 is 7.12 Å². The molecule has 0 aromatic heterocycles. The predicted molar refractivity (Wildman–Crippen MR) is 69.2 cm³/mol. The quantitative estimate of drug-likeness (QED) is 0.516. The van der Waals surface area contributed by atoms with Crippen molar-refractivity contribution in [2.45, 2.75) is 71.0 Å². The van der Waals surface area contributed by atoms with E-state index in [2.05, 4.69) is 6.92 Å². The molecule has 1 fully saturated rings. The molecule has 0 saturated heterocycles. The summed E-state index contributed by atoms with van der Waals surface area (Å²) in [5, 5.41) is 17.7. The van der Waals surface area contributed by atoms with Crippen molar-refractivity contribution in [3.8, 4) is 0 Å². The molecule has 2 N–H and O–H groups in total. The lowest BCUT2D eigenvalue weighted by molar-refractivity contribution is 0.250. The first kappa shape index (κ1) is 14.0. The van der Waals surface area contributed by atoms with Crippen LogP contribution in [0.25, 0.3) is 0 Å². The summed E-state index contributed by atoms with van der Waals surface area (Å²) in [6.45, 7) is 2.26. The Kier molecular flexibility index (Phi) is 7.14. The van der Waals surface area contributed by atoms with Crippen LogP contribution < -0.4 is 0 Å². The van der Waals surface area contributed by atoms with Gasteiger partial charge in [-0.05, 0) is 18.2 Å². The highest BCUT2D eigenvalue weighted by Crippen LogP contribution is 2.34. The molecule has 0 radical (unpaired) electrons. The van der Waals surface area contributed by atoms with Crippen molar-refractivity contribution >= 4 is 7.12 Å². The van der Waals surface area contributed by atoms with Gasteiger partial charge in [0.15, 0.2) is 0 Å². The van der Waals surface area contributed by atoms with Crippen molar-refractivity contribution in [1.82, 2.24) is 0 Å². The second-order valence-corrected chi connectivity index (χ2v) is 5.44. The fourth-order valence-corrected chi connectivity index (χ4v) is 2.88. The first-order valence-corrected chi connectivity index (χ1v) is 7.08. The highest BCUT2D eigenvalue weighted by Gasteiger charge is 2.21. The standard InChI is InChI=1S/C13H27BO2/c1-2-3-4-5-12-6-8-13(9-7-12)10-11-14(15)16/h12-13,15-16H,2-11H2,1H3/t12-,13-. The molecule has 1 aliphatic rings. The van der Waals surface area contributed by atoms with Gasteiger partial charge in [0.25, 0.3) is 0 Å². The van der Waals surface area contributed by atoms with E-state index in [4.69, 9.17) is 10.0 Å². The molecule has 16 heavy (non-hydrogen) atoms. The molecular weight excluding hydrogens is 199 g/mol. The number of rotatable bonds is 7. The molecule has 1 saturated carbocycles. The maximum Gasteiger partial charge on any atom is 0.451 e. The summed E-state index contributed by atoms with van der Waals surface area (Å²) in [6.07, 6.45) is 12.5. The van der Waals surface area contributed by atoms with Gasteiger partial charge in [0.05, 0.1) is 0 Å². The van der Waals surface area contributed by atoms with Crippen LogP contribution in [0.15, 0.2) is 0 Å². The van der Waals surface area contributed by atoms with Crippen LogP contribution in [0, 0.1) is 11.8 Å². The summed E-state index contributed by atoms with van der Waals surface area (Å²) >= 11 is 0. The molecule has 0 bridgehead atoms. The fraction of sp³-hybridized carbons (Fsp3) is 1.00. The molecule has 1 aliphatic carbocycles. The summed E-state index contributed by atoms with van der Waals surface area (Å²) in [4.78, 5) is 0. The summed E-state index contributed by atoms with van der Waals surface area (Å²) in [7, 11) is -1.10. The maximum absolute atomic E-state index is 8.83. The predicted octanol–water partition coefficient (Wildman–Crippen LogP) is 3.24.